The van der Waals surface area contributed by atoms with Gasteiger partial charge in [0.1, 0.15) is 25.9 Å². The maximum absolute atomic E-state index is 13.6. The van der Waals surface area contributed by atoms with Gasteiger partial charge in [-0.05, 0) is 68.3 Å². The Kier molecular flexibility index (Phi) is 8.07. The molecule has 44 heavy (non-hydrogen) atoms. The van der Waals surface area contributed by atoms with E-state index in [-0.39, 0.29) is 35.9 Å². The van der Waals surface area contributed by atoms with Crippen LogP contribution in [0.25, 0.3) is 16.8 Å². The first-order chi connectivity index (χ1) is 22.0. The minimum atomic E-state index is -3.24. The van der Waals surface area contributed by atoms with Crippen LogP contribution in [-0.4, -0.2) is 73.3 Å². The monoisotopic (exact) mass is 658 g/mol. The number of sulfonamides is 1. The van der Waals surface area contributed by atoms with Crippen molar-refractivity contribution >= 4 is 67.5 Å². The van der Waals surface area contributed by atoms with Gasteiger partial charge in [-0.25, -0.2) is 28.1 Å². The molecule has 6 rings (SSSR count). The largest absolute Gasteiger partial charge is 0.470 e. The number of ether oxygens (including phenoxy) is 1. The van der Waals surface area contributed by atoms with Crippen LogP contribution in [0.5, 0.6) is 0 Å². The SMILES string of the molecule is [2H]S1([2H])c2sccc2C(OCn2ccc3c(N(C)C4CCC(CS(=O)(=O)NC)CC4)ncnc32)=C(C(=O)Nc2ccccn2)N1C. The third-order valence-corrected chi connectivity index (χ3v) is 11.7. The van der Waals surface area contributed by atoms with Gasteiger partial charge in [-0.15, -0.1) is 11.3 Å². The first-order valence-electron chi connectivity index (χ1n) is 15.1. The van der Waals surface area contributed by atoms with Crippen LogP contribution < -0.4 is 14.9 Å². The summed E-state index contributed by atoms with van der Waals surface area (Å²) in [6, 6.07) is 9.10. The third kappa shape index (κ3) is 6.27. The summed E-state index contributed by atoms with van der Waals surface area (Å²) in [4.78, 5) is 29.1. The molecule has 5 heterocycles. The van der Waals surface area contributed by atoms with E-state index in [4.69, 9.17) is 6.98 Å². The van der Waals surface area contributed by atoms with Crippen LogP contribution in [-0.2, 0) is 26.3 Å². The van der Waals surface area contributed by atoms with Gasteiger partial charge in [0.25, 0.3) is 5.91 Å². The van der Waals surface area contributed by atoms with Gasteiger partial charge < -0.3 is 19.3 Å². The number of fused-ring (bicyclic) bond motifs is 2. The number of amides is 1. The van der Waals surface area contributed by atoms with Crippen LogP contribution in [0.3, 0.4) is 0 Å². The maximum Gasteiger partial charge on any atom is 0.277 e. The number of rotatable bonds is 10. The standard InChI is InChI=1S/C29H36N8O4S3/c1-30-44(39,40)16-19-7-9-20(10-8-19)35(2)26-22-11-14-37(27(22)33-17-32-26)18-41-25-21-12-15-42-29(21)43-36(3)24(25)28(38)34-23-6-4-5-13-31-23/h4-6,11-15,17,19-20,30H,7-10,16,18,43H2,1-3H3,(H,31,34,38)/i43D2. The van der Waals surface area contributed by atoms with Crippen LogP contribution in [0, 0.1) is 5.92 Å². The molecule has 12 nitrogen and oxygen atoms in total. The van der Waals surface area contributed by atoms with Crippen molar-refractivity contribution in [1.82, 2.24) is 28.5 Å². The number of nitrogens with one attached hydrogen (secondary N) is 2. The van der Waals surface area contributed by atoms with Gasteiger partial charge in [-0.1, -0.05) is 6.07 Å². The summed E-state index contributed by atoms with van der Waals surface area (Å²) < 4.78 is 54.3. The van der Waals surface area contributed by atoms with Crippen molar-refractivity contribution < 1.29 is 17.9 Å². The Morgan fingerprint density at radius 3 is 2.77 bits per heavy atom. The first kappa shape index (κ1) is 27.9. The van der Waals surface area contributed by atoms with Crippen molar-refractivity contribution in [2.45, 2.75) is 42.7 Å². The molecule has 0 radical (unpaired) electrons. The Hall–Kier alpha value is -3.66. The second-order valence-corrected chi connectivity index (χ2v) is 15.1. The van der Waals surface area contributed by atoms with E-state index in [1.807, 2.05) is 23.9 Å². The summed E-state index contributed by atoms with van der Waals surface area (Å²) in [5, 5.41) is 5.42. The summed E-state index contributed by atoms with van der Waals surface area (Å²) in [6.45, 7) is 0.0197. The molecule has 0 aromatic carbocycles. The number of thiophene rings is 1. The Labute approximate surface area is 266 Å². The number of aromatic nitrogens is 4. The fourth-order valence-corrected chi connectivity index (χ4v) is 8.93. The normalized spacial score (nSPS) is 21.3. The van der Waals surface area contributed by atoms with E-state index >= 15 is 0 Å². The molecule has 0 saturated heterocycles. The average molecular weight is 659 g/mol. The molecular formula is C29H36N8O4S3. The fourth-order valence-electron chi connectivity index (χ4n) is 5.75. The Balaban J connectivity index is 1.24. The molecule has 4 aromatic heterocycles. The lowest BCUT2D eigenvalue weighted by Crippen LogP contribution is -2.38. The van der Waals surface area contributed by atoms with E-state index in [1.165, 1.54) is 29.0 Å². The van der Waals surface area contributed by atoms with Crippen molar-refractivity contribution in [1.29, 1.82) is 2.25 Å². The summed E-state index contributed by atoms with van der Waals surface area (Å²) in [5.74, 6) is 1.17. The van der Waals surface area contributed by atoms with Crippen LogP contribution in [0.2, 0.25) is 0 Å². The minimum Gasteiger partial charge on any atom is -0.470 e. The van der Waals surface area contributed by atoms with Crippen molar-refractivity contribution in [2.75, 3.05) is 37.1 Å². The maximum atomic E-state index is 13.6. The highest BCUT2D eigenvalue weighted by atomic mass is 32.2. The summed E-state index contributed by atoms with van der Waals surface area (Å²) >= 11 is -1.67. The summed E-state index contributed by atoms with van der Waals surface area (Å²) in [7, 11) is 1.79. The predicted molar refractivity (Wildman–Crippen MR) is 176 cm³/mol. The molecule has 1 aliphatic carbocycles. The molecule has 0 unspecified atom stereocenters. The van der Waals surface area contributed by atoms with Gasteiger partial charge in [0.15, 0.2) is 18.2 Å². The lowest BCUT2D eigenvalue weighted by molar-refractivity contribution is -0.113. The zero-order valence-corrected chi connectivity index (χ0v) is 27.1. The molecule has 0 atom stereocenters. The molecule has 1 aliphatic heterocycles. The molecule has 2 aliphatic rings. The topological polar surface area (TPSA) is 135 Å². The van der Waals surface area contributed by atoms with Crippen molar-refractivity contribution in [2.24, 2.45) is 5.92 Å². The number of likely N-dealkylation sites (N-methyl/N-ethyl adjacent to an activating group) is 1. The second kappa shape index (κ2) is 12.8. The van der Waals surface area contributed by atoms with Crippen LogP contribution in [0.1, 0.15) is 31.2 Å². The molecule has 0 spiro atoms. The van der Waals surface area contributed by atoms with E-state index in [9.17, 15) is 13.2 Å². The fraction of sp³-hybridized carbons (Fsp3) is 0.379. The van der Waals surface area contributed by atoms with Gasteiger partial charge in [0.05, 0.1) is 15.3 Å². The Bertz CT molecular complexity index is 1880. The number of nitrogens with zero attached hydrogens (tertiary/aromatic N) is 6. The van der Waals surface area contributed by atoms with Gasteiger partial charge >= 0.3 is 0 Å². The highest BCUT2D eigenvalue weighted by molar-refractivity contribution is 7.99. The molecular weight excluding hydrogens is 621 g/mol. The lowest BCUT2D eigenvalue weighted by Gasteiger charge is -2.35. The average Bonchev–Trinajstić information content (AvgIpc) is 3.71. The molecule has 1 fully saturated rings. The number of anilines is 2. The smallest absolute Gasteiger partial charge is 0.277 e. The minimum absolute atomic E-state index is 0.0197. The highest BCUT2D eigenvalue weighted by Gasteiger charge is 2.31. The Morgan fingerprint density at radius 1 is 1.20 bits per heavy atom. The van der Waals surface area contributed by atoms with E-state index in [2.05, 4.69) is 29.9 Å². The van der Waals surface area contributed by atoms with Gasteiger partial charge in [0, 0.05) is 38.1 Å². The van der Waals surface area contributed by atoms with Crippen molar-refractivity contribution in [3.63, 3.8) is 0 Å². The molecule has 0 bridgehead atoms. The number of carbonyl (C=O) groups excluding carboxylic acids is 1. The van der Waals surface area contributed by atoms with Crippen LogP contribution in [0.15, 0.2) is 64.3 Å². The summed E-state index contributed by atoms with van der Waals surface area (Å²) in [6.07, 6.45) is 8.31. The number of hydrogen-bond donors (Lipinski definition) is 2. The molecule has 1 saturated carbocycles. The molecule has 234 valence electrons. The number of pyridine rings is 1. The van der Waals surface area contributed by atoms with Gasteiger partial charge in [0.2, 0.25) is 10.0 Å². The zero-order valence-electron chi connectivity index (χ0n) is 26.6. The number of carbonyl (C=O) groups is 1. The van der Waals surface area contributed by atoms with Gasteiger partial charge in [-0.2, -0.15) is 11.8 Å². The predicted octanol–water partition coefficient (Wildman–Crippen LogP) is 3.83. The van der Waals surface area contributed by atoms with Crippen molar-refractivity contribution in [3.8, 4) is 0 Å². The van der Waals surface area contributed by atoms with E-state index in [0.717, 1.165) is 36.9 Å². The summed E-state index contributed by atoms with van der Waals surface area (Å²) in [5.41, 5.74) is 1.29. The van der Waals surface area contributed by atoms with Gasteiger partial charge in [-0.3, -0.25) is 9.36 Å². The first-order valence-corrected chi connectivity index (χ1v) is 17.6. The quantitative estimate of drug-likeness (QED) is 0.261. The Morgan fingerprint density at radius 2 is 2.02 bits per heavy atom. The molecule has 1 amide bonds. The third-order valence-electron chi connectivity index (χ3n) is 8.09. The van der Waals surface area contributed by atoms with E-state index < -0.39 is 27.7 Å². The molecule has 15 heteroatoms. The second-order valence-electron chi connectivity index (χ2n) is 10.8. The number of hydrogen-bond acceptors (Lipinski definition) is 10. The molecule has 2 N–H and O–H groups in total. The highest BCUT2D eigenvalue weighted by Crippen LogP contribution is 2.44. The van der Waals surface area contributed by atoms with Crippen LogP contribution in [0.4, 0.5) is 11.6 Å². The lowest BCUT2D eigenvalue weighted by atomic mass is 9.86. The van der Waals surface area contributed by atoms with Crippen molar-refractivity contribution in [3.05, 3.63) is 65.7 Å². The van der Waals surface area contributed by atoms with E-state index in [1.54, 1.807) is 42.9 Å². The zero-order chi connectivity index (χ0) is 32.6. The molecule has 4 aromatic rings. The van der Waals surface area contributed by atoms with Crippen LogP contribution >= 0.6 is 23.1 Å². The van der Waals surface area contributed by atoms with E-state index in [0.29, 0.717) is 21.2 Å².